The summed E-state index contributed by atoms with van der Waals surface area (Å²) in [5.41, 5.74) is 0.911. The van der Waals surface area contributed by atoms with Gasteiger partial charge >= 0.3 is 0 Å². The summed E-state index contributed by atoms with van der Waals surface area (Å²) >= 11 is 0. The van der Waals surface area contributed by atoms with Crippen LogP contribution in [0.15, 0.2) is 41.2 Å². The Morgan fingerprint density at radius 2 is 1.92 bits per heavy atom. The number of aryl methyl sites for hydroxylation is 1. The van der Waals surface area contributed by atoms with Crippen molar-refractivity contribution in [3.63, 3.8) is 0 Å². The first-order chi connectivity index (χ1) is 12.2. The summed E-state index contributed by atoms with van der Waals surface area (Å²) < 4.78 is 15.5. The minimum atomic E-state index is -0.331. The van der Waals surface area contributed by atoms with Gasteiger partial charge in [0.05, 0.1) is 5.56 Å². The lowest BCUT2D eigenvalue weighted by Crippen LogP contribution is -2.13. The summed E-state index contributed by atoms with van der Waals surface area (Å²) in [5.74, 6) is 2.39. The number of aromatic nitrogens is 3. The third-order valence-corrected chi connectivity index (χ3v) is 3.41. The molecule has 25 heavy (non-hydrogen) atoms. The average molecular weight is 339 g/mol. The largest absolute Gasteiger partial charge is 0.454 e. The molecule has 0 spiro atoms. The van der Waals surface area contributed by atoms with Crippen molar-refractivity contribution in [1.82, 2.24) is 15.1 Å². The van der Waals surface area contributed by atoms with Gasteiger partial charge in [0.1, 0.15) is 5.76 Å². The molecule has 0 unspecified atom stereocenters. The van der Waals surface area contributed by atoms with E-state index in [1.807, 2.05) is 0 Å². The molecule has 2 N–H and O–H groups in total. The van der Waals surface area contributed by atoms with Gasteiger partial charge in [-0.25, -0.2) is 9.97 Å². The summed E-state index contributed by atoms with van der Waals surface area (Å²) in [4.78, 5) is 20.5. The number of fused-ring (bicyclic) bond motifs is 1. The third-order valence-electron chi connectivity index (χ3n) is 3.41. The number of benzene rings is 1. The Hall–Kier alpha value is -3.62. The number of nitrogens with zero attached hydrogens (tertiary/aromatic N) is 3. The van der Waals surface area contributed by atoms with E-state index >= 15 is 0 Å². The number of anilines is 3. The molecule has 4 rings (SSSR count). The Labute approximate surface area is 142 Å². The van der Waals surface area contributed by atoms with E-state index < -0.39 is 0 Å². The van der Waals surface area contributed by atoms with Crippen LogP contribution in [0.4, 0.5) is 17.5 Å². The van der Waals surface area contributed by atoms with Crippen LogP contribution in [0.1, 0.15) is 16.1 Å². The van der Waals surface area contributed by atoms with Crippen LogP contribution < -0.4 is 20.1 Å². The van der Waals surface area contributed by atoms with Gasteiger partial charge in [-0.3, -0.25) is 4.79 Å². The molecule has 1 aliphatic rings. The van der Waals surface area contributed by atoms with E-state index in [1.54, 1.807) is 31.2 Å². The number of amides is 1. The molecule has 3 heterocycles. The predicted molar refractivity (Wildman–Crippen MR) is 87.1 cm³/mol. The first-order valence-electron chi connectivity index (χ1n) is 7.41. The van der Waals surface area contributed by atoms with E-state index in [1.165, 1.54) is 12.4 Å². The van der Waals surface area contributed by atoms with Gasteiger partial charge in [-0.1, -0.05) is 5.16 Å². The zero-order valence-corrected chi connectivity index (χ0v) is 13.1. The maximum atomic E-state index is 12.3. The van der Waals surface area contributed by atoms with Crippen molar-refractivity contribution in [1.29, 1.82) is 0 Å². The lowest BCUT2D eigenvalue weighted by atomic mass is 10.2. The van der Waals surface area contributed by atoms with Crippen LogP contribution in [0, 0.1) is 6.92 Å². The first kappa shape index (κ1) is 14.9. The van der Waals surface area contributed by atoms with E-state index in [-0.39, 0.29) is 12.7 Å². The fraction of sp³-hybridized carbons (Fsp3) is 0.125. The van der Waals surface area contributed by atoms with Crippen molar-refractivity contribution < 1.29 is 18.8 Å². The van der Waals surface area contributed by atoms with E-state index in [4.69, 9.17) is 14.0 Å². The smallest absolute Gasteiger partial charge is 0.258 e. The summed E-state index contributed by atoms with van der Waals surface area (Å²) in [7, 11) is 0. The monoisotopic (exact) mass is 339 g/mol. The number of hydrogen-bond donors (Lipinski definition) is 2. The van der Waals surface area contributed by atoms with Gasteiger partial charge in [0.15, 0.2) is 17.3 Å². The highest BCUT2D eigenvalue weighted by Crippen LogP contribution is 2.34. The number of carbonyl (C=O) groups is 1. The molecule has 0 saturated carbocycles. The van der Waals surface area contributed by atoms with E-state index in [2.05, 4.69) is 25.8 Å². The lowest BCUT2D eigenvalue weighted by molar-refractivity contribution is 0.102. The van der Waals surface area contributed by atoms with E-state index in [0.29, 0.717) is 40.3 Å². The second-order valence-corrected chi connectivity index (χ2v) is 5.27. The molecule has 0 radical (unpaired) electrons. The van der Waals surface area contributed by atoms with Gasteiger partial charge in [-0.15, -0.1) is 0 Å². The number of nitrogens with one attached hydrogen (secondary N) is 2. The Morgan fingerprint density at radius 3 is 2.68 bits per heavy atom. The van der Waals surface area contributed by atoms with Gasteiger partial charge in [-0.05, 0) is 19.1 Å². The summed E-state index contributed by atoms with van der Waals surface area (Å²) in [5, 5.41) is 9.42. The standard InChI is InChI=1S/C16H13N5O4/c1-9-4-14(21-25-9)20-16-17-6-10(7-18-16)15(22)19-11-2-3-12-13(5-11)24-8-23-12/h2-7H,8H2,1H3,(H,19,22)(H,17,18,20,21). The fourth-order valence-electron chi connectivity index (χ4n) is 2.23. The normalized spacial score (nSPS) is 12.0. The van der Waals surface area contributed by atoms with Gasteiger partial charge in [-0.2, -0.15) is 0 Å². The van der Waals surface area contributed by atoms with Crippen molar-refractivity contribution in [2.24, 2.45) is 0 Å². The van der Waals surface area contributed by atoms with Gasteiger partial charge in [0, 0.05) is 30.2 Å². The minimum Gasteiger partial charge on any atom is -0.454 e. The quantitative estimate of drug-likeness (QED) is 0.746. The molecule has 126 valence electrons. The van der Waals surface area contributed by atoms with Crippen molar-refractivity contribution in [2.45, 2.75) is 6.92 Å². The molecule has 0 fully saturated rings. The second-order valence-electron chi connectivity index (χ2n) is 5.27. The minimum absolute atomic E-state index is 0.181. The maximum Gasteiger partial charge on any atom is 0.258 e. The maximum absolute atomic E-state index is 12.3. The van der Waals surface area contributed by atoms with Crippen molar-refractivity contribution in [3.05, 3.63) is 48.0 Å². The van der Waals surface area contributed by atoms with Crippen LogP contribution in [0.5, 0.6) is 11.5 Å². The lowest BCUT2D eigenvalue weighted by Gasteiger charge is -2.06. The average Bonchev–Trinajstić information content (AvgIpc) is 3.24. The van der Waals surface area contributed by atoms with E-state index in [0.717, 1.165) is 0 Å². The molecule has 3 aromatic rings. The molecule has 0 atom stereocenters. The van der Waals surface area contributed by atoms with Crippen LogP contribution >= 0.6 is 0 Å². The predicted octanol–water partition coefficient (Wildman–Crippen LogP) is 2.50. The molecule has 1 aliphatic heterocycles. The number of carbonyl (C=O) groups excluding carboxylic acids is 1. The first-order valence-corrected chi connectivity index (χ1v) is 7.41. The third kappa shape index (κ3) is 3.20. The van der Waals surface area contributed by atoms with Crippen molar-refractivity contribution in [3.8, 4) is 11.5 Å². The Bertz CT molecular complexity index is 923. The number of ether oxygens (including phenoxy) is 2. The molecule has 2 aromatic heterocycles. The highest BCUT2D eigenvalue weighted by molar-refractivity contribution is 6.04. The van der Waals surface area contributed by atoms with Crippen LogP contribution in [-0.4, -0.2) is 27.8 Å². The molecule has 9 heteroatoms. The van der Waals surface area contributed by atoms with Gasteiger partial charge < -0.3 is 24.6 Å². The second kappa shape index (κ2) is 6.11. The Balaban J connectivity index is 1.43. The van der Waals surface area contributed by atoms with Gasteiger partial charge in [0.2, 0.25) is 12.7 Å². The molecular formula is C16H13N5O4. The van der Waals surface area contributed by atoms with Crippen LogP contribution in [-0.2, 0) is 0 Å². The topological polar surface area (TPSA) is 111 Å². The van der Waals surface area contributed by atoms with Crippen molar-refractivity contribution >= 4 is 23.4 Å². The molecule has 0 aliphatic carbocycles. The highest BCUT2D eigenvalue weighted by Gasteiger charge is 2.15. The molecule has 0 bridgehead atoms. The Morgan fingerprint density at radius 1 is 1.12 bits per heavy atom. The summed E-state index contributed by atoms with van der Waals surface area (Å²) in [6.45, 7) is 1.96. The van der Waals surface area contributed by atoms with Crippen LogP contribution in [0.3, 0.4) is 0 Å². The number of hydrogen-bond acceptors (Lipinski definition) is 8. The van der Waals surface area contributed by atoms with Crippen LogP contribution in [0.2, 0.25) is 0 Å². The SMILES string of the molecule is Cc1cc(Nc2ncc(C(=O)Nc3ccc4c(c3)OCO4)cn2)no1. The van der Waals surface area contributed by atoms with Crippen LogP contribution in [0.25, 0.3) is 0 Å². The number of rotatable bonds is 4. The molecule has 0 saturated heterocycles. The molecule has 1 amide bonds. The molecule has 9 nitrogen and oxygen atoms in total. The zero-order chi connectivity index (χ0) is 17.2. The van der Waals surface area contributed by atoms with E-state index in [9.17, 15) is 4.79 Å². The van der Waals surface area contributed by atoms with Gasteiger partial charge in [0.25, 0.3) is 5.91 Å². The zero-order valence-electron chi connectivity index (χ0n) is 13.1. The summed E-state index contributed by atoms with van der Waals surface area (Å²) in [6.07, 6.45) is 2.84. The molecule has 1 aromatic carbocycles. The Kier molecular flexibility index (Phi) is 3.65. The molecular weight excluding hydrogens is 326 g/mol. The highest BCUT2D eigenvalue weighted by atomic mass is 16.7. The van der Waals surface area contributed by atoms with Crippen molar-refractivity contribution in [2.75, 3.05) is 17.4 Å². The summed E-state index contributed by atoms with van der Waals surface area (Å²) in [6, 6.07) is 6.88. The fourth-order valence-corrected chi connectivity index (χ4v) is 2.23.